The molecule has 0 atom stereocenters. The molecule has 0 bridgehead atoms. The molecule has 0 unspecified atom stereocenters. The van der Waals surface area contributed by atoms with Gasteiger partial charge in [-0.2, -0.15) is 4.98 Å². The Balaban J connectivity index is 1.60. The number of ether oxygens (including phenoxy) is 2. The highest BCUT2D eigenvalue weighted by Crippen LogP contribution is 2.26. The van der Waals surface area contributed by atoms with Gasteiger partial charge >= 0.3 is 11.8 Å². The molecule has 0 saturated carbocycles. The van der Waals surface area contributed by atoms with Gasteiger partial charge in [0, 0.05) is 24.7 Å². The predicted molar refractivity (Wildman–Crippen MR) is 115 cm³/mol. The largest absolute Gasteiger partial charge is 0.497 e. The first-order valence-corrected chi connectivity index (χ1v) is 11.3. The van der Waals surface area contributed by atoms with Crippen LogP contribution in [0.4, 0.5) is 5.69 Å². The molecule has 0 radical (unpaired) electrons. The van der Waals surface area contributed by atoms with Crippen molar-refractivity contribution < 1.29 is 27.2 Å². The van der Waals surface area contributed by atoms with E-state index in [2.05, 4.69) is 14.9 Å². The number of nitrogens with zero attached hydrogens (tertiary/aromatic N) is 3. The molecule has 0 aliphatic carbocycles. The molecule has 1 saturated heterocycles. The summed E-state index contributed by atoms with van der Waals surface area (Å²) in [6.45, 7) is 3.48. The quantitative estimate of drug-likeness (QED) is 0.597. The number of methoxy groups -OCH3 is 1. The number of nitrogens with one attached hydrogen (secondary N) is 1. The van der Waals surface area contributed by atoms with Gasteiger partial charge in [-0.25, -0.2) is 8.42 Å². The summed E-state index contributed by atoms with van der Waals surface area (Å²) in [5.74, 6) is 0.118. The molecular formula is C21H22N4O6S. The molecule has 168 valence electrons. The molecule has 1 aromatic heterocycles. The maximum Gasteiger partial charge on any atom is 0.316 e. The van der Waals surface area contributed by atoms with Crippen molar-refractivity contribution in [1.82, 2.24) is 15.0 Å². The van der Waals surface area contributed by atoms with E-state index in [1.165, 1.54) is 13.2 Å². The number of hydrogen-bond donors (Lipinski definition) is 1. The summed E-state index contributed by atoms with van der Waals surface area (Å²) >= 11 is 0. The van der Waals surface area contributed by atoms with Crippen LogP contribution in [-0.4, -0.2) is 62.8 Å². The second-order valence-electron chi connectivity index (χ2n) is 7.15. The van der Waals surface area contributed by atoms with E-state index in [1.807, 2.05) is 0 Å². The van der Waals surface area contributed by atoms with Gasteiger partial charge in [0.25, 0.3) is 10.0 Å². The van der Waals surface area contributed by atoms with Crippen molar-refractivity contribution >= 4 is 21.6 Å². The zero-order valence-corrected chi connectivity index (χ0v) is 18.4. The monoisotopic (exact) mass is 458 g/mol. The number of sulfonamides is 1. The zero-order valence-electron chi connectivity index (χ0n) is 17.6. The van der Waals surface area contributed by atoms with Gasteiger partial charge in [-0.1, -0.05) is 23.4 Å². The van der Waals surface area contributed by atoms with Crippen LogP contribution in [0.5, 0.6) is 5.75 Å². The molecule has 2 heterocycles. The second kappa shape index (κ2) is 8.97. The van der Waals surface area contributed by atoms with Crippen molar-refractivity contribution in [2.45, 2.75) is 11.8 Å². The molecule has 1 fully saturated rings. The predicted octanol–water partition coefficient (Wildman–Crippen LogP) is 2.33. The Hall–Kier alpha value is -3.44. The summed E-state index contributed by atoms with van der Waals surface area (Å²) in [7, 11) is -2.40. The fourth-order valence-corrected chi connectivity index (χ4v) is 4.58. The minimum atomic E-state index is -3.91. The minimum Gasteiger partial charge on any atom is -0.497 e. The Bertz CT molecular complexity index is 1230. The van der Waals surface area contributed by atoms with Crippen molar-refractivity contribution in [2.24, 2.45) is 0 Å². The molecule has 11 heteroatoms. The van der Waals surface area contributed by atoms with Crippen molar-refractivity contribution in [2.75, 3.05) is 38.1 Å². The number of aryl methyl sites for hydroxylation is 1. The maximum absolute atomic E-state index is 13.0. The van der Waals surface area contributed by atoms with Crippen LogP contribution in [0.25, 0.3) is 11.4 Å². The number of rotatable bonds is 6. The highest BCUT2D eigenvalue weighted by atomic mass is 32.2. The van der Waals surface area contributed by atoms with E-state index in [4.69, 9.17) is 14.0 Å². The van der Waals surface area contributed by atoms with Crippen molar-refractivity contribution in [3.8, 4) is 17.1 Å². The summed E-state index contributed by atoms with van der Waals surface area (Å²) < 4.78 is 44.1. The van der Waals surface area contributed by atoms with Crippen molar-refractivity contribution in [3.63, 3.8) is 0 Å². The van der Waals surface area contributed by atoms with Gasteiger partial charge in [0.2, 0.25) is 5.82 Å². The normalized spacial score (nSPS) is 14.2. The summed E-state index contributed by atoms with van der Waals surface area (Å²) in [6, 6.07) is 11.4. The van der Waals surface area contributed by atoms with Crippen LogP contribution in [0.3, 0.4) is 0 Å². The van der Waals surface area contributed by atoms with Crippen molar-refractivity contribution in [1.29, 1.82) is 0 Å². The lowest BCUT2D eigenvalue weighted by Gasteiger charge is -2.25. The summed E-state index contributed by atoms with van der Waals surface area (Å²) in [4.78, 5) is 18.3. The van der Waals surface area contributed by atoms with Crippen LogP contribution in [0.15, 0.2) is 51.9 Å². The lowest BCUT2D eigenvalue weighted by molar-refractivity contribution is 0.0272. The zero-order chi connectivity index (χ0) is 22.7. The lowest BCUT2D eigenvalue weighted by atomic mass is 10.1. The first-order chi connectivity index (χ1) is 15.4. The van der Waals surface area contributed by atoms with Gasteiger partial charge in [-0.05, 0) is 30.7 Å². The molecule has 1 amide bonds. The van der Waals surface area contributed by atoms with E-state index in [9.17, 15) is 13.2 Å². The molecule has 0 spiro atoms. The lowest BCUT2D eigenvalue weighted by Crippen LogP contribution is -2.40. The van der Waals surface area contributed by atoms with E-state index in [0.717, 1.165) is 0 Å². The van der Waals surface area contributed by atoms with Crippen molar-refractivity contribution in [3.05, 3.63) is 53.9 Å². The Labute approximate surface area is 185 Å². The van der Waals surface area contributed by atoms with Crippen LogP contribution in [-0.2, 0) is 14.8 Å². The first kappa shape index (κ1) is 21.8. The molecule has 1 aliphatic heterocycles. The van der Waals surface area contributed by atoms with Gasteiger partial charge in [-0.15, -0.1) is 0 Å². The first-order valence-electron chi connectivity index (χ1n) is 9.86. The smallest absolute Gasteiger partial charge is 0.316 e. The number of carbonyl (C=O) groups excluding carboxylic acids is 1. The Morgan fingerprint density at radius 1 is 1.16 bits per heavy atom. The van der Waals surface area contributed by atoms with Crippen LogP contribution >= 0.6 is 0 Å². The molecule has 2 aromatic carbocycles. The number of morpholine rings is 1. The maximum atomic E-state index is 13.0. The number of aromatic nitrogens is 2. The van der Waals surface area contributed by atoms with E-state index in [-0.39, 0.29) is 22.5 Å². The third-order valence-electron chi connectivity index (χ3n) is 4.97. The minimum absolute atomic E-state index is 0.0590. The Morgan fingerprint density at radius 2 is 1.94 bits per heavy atom. The van der Waals surface area contributed by atoms with Crippen LogP contribution in [0.1, 0.15) is 16.2 Å². The number of amides is 1. The SMILES string of the molecule is COc1cccc(NS(=O)(=O)c2cc(-c3noc(C(=O)N4CCOCC4)n3)ccc2C)c1. The summed E-state index contributed by atoms with van der Waals surface area (Å²) in [5, 5.41) is 3.87. The van der Waals surface area contributed by atoms with Gasteiger partial charge in [0.1, 0.15) is 5.75 Å². The molecule has 4 rings (SSSR count). The number of carbonyl (C=O) groups is 1. The van der Waals surface area contributed by atoms with E-state index in [0.29, 0.717) is 48.9 Å². The van der Waals surface area contributed by atoms with Crippen LogP contribution < -0.4 is 9.46 Å². The van der Waals surface area contributed by atoms with Gasteiger partial charge in [0.15, 0.2) is 0 Å². The summed E-state index contributed by atoms with van der Waals surface area (Å²) in [6.07, 6.45) is 0. The molecule has 1 N–H and O–H groups in total. The van der Waals surface area contributed by atoms with Crippen LogP contribution in [0, 0.1) is 6.92 Å². The van der Waals surface area contributed by atoms with Gasteiger partial charge in [0.05, 0.1) is 30.9 Å². The highest BCUT2D eigenvalue weighted by Gasteiger charge is 2.25. The van der Waals surface area contributed by atoms with Gasteiger partial charge in [-0.3, -0.25) is 9.52 Å². The molecule has 3 aromatic rings. The molecule has 32 heavy (non-hydrogen) atoms. The highest BCUT2D eigenvalue weighted by molar-refractivity contribution is 7.92. The number of benzene rings is 2. The average molecular weight is 458 g/mol. The van der Waals surface area contributed by atoms with E-state index in [1.54, 1.807) is 48.2 Å². The van der Waals surface area contributed by atoms with Gasteiger partial charge < -0.3 is 18.9 Å². The fraction of sp³-hybridized carbons (Fsp3) is 0.286. The Kier molecular flexibility index (Phi) is 6.10. The fourth-order valence-electron chi connectivity index (χ4n) is 3.25. The molecule has 10 nitrogen and oxygen atoms in total. The third kappa shape index (κ3) is 4.58. The molecule has 1 aliphatic rings. The number of hydrogen-bond acceptors (Lipinski definition) is 8. The van der Waals surface area contributed by atoms with Crippen LogP contribution in [0.2, 0.25) is 0 Å². The summed E-state index contributed by atoms with van der Waals surface area (Å²) in [5.41, 5.74) is 1.32. The standard InChI is InChI=1S/C21H22N4O6S/c1-14-6-7-15(19-22-20(31-23-19)21(26)25-8-10-30-11-9-25)12-18(14)32(27,28)24-16-4-3-5-17(13-16)29-2/h3-7,12-13,24H,8-11H2,1-2H3. The Morgan fingerprint density at radius 3 is 2.69 bits per heavy atom. The van der Waals surface area contributed by atoms with E-state index >= 15 is 0 Å². The third-order valence-corrected chi connectivity index (χ3v) is 6.49. The number of anilines is 1. The molecular weight excluding hydrogens is 436 g/mol. The second-order valence-corrected chi connectivity index (χ2v) is 8.80. The topological polar surface area (TPSA) is 124 Å². The average Bonchev–Trinajstić information content (AvgIpc) is 3.29. The van der Waals surface area contributed by atoms with E-state index < -0.39 is 10.0 Å².